The minimum Gasteiger partial charge on any atom is -0.481 e. The lowest BCUT2D eigenvalue weighted by molar-refractivity contribution is -0.136. The zero-order valence-corrected chi connectivity index (χ0v) is 10.6. The second-order valence-corrected chi connectivity index (χ2v) is 4.92. The van der Waals surface area contributed by atoms with Gasteiger partial charge in [0.05, 0.1) is 12.1 Å². The molecule has 1 aromatic heterocycles. The van der Waals surface area contributed by atoms with Crippen molar-refractivity contribution in [1.29, 1.82) is 0 Å². The predicted molar refractivity (Wildman–Crippen MR) is 68.7 cm³/mol. The number of benzene rings is 1. The molecule has 0 radical (unpaired) electrons. The van der Waals surface area contributed by atoms with Crippen LogP contribution in [0.1, 0.15) is 11.3 Å². The average Bonchev–Trinajstić information content (AvgIpc) is 2.34. The van der Waals surface area contributed by atoms with Crippen LogP contribution in [0.2, 0.25) is 0 Å². The van der Waals surface area contributed by atoms with Crippen LogP contribution in [0.5, 0.6) is 0 Å². The van der Waals surface area contributed by atoms with Crippen molar-refractivity contribution in [3.63, 3.8) is 0 Å². The molecular weight excluding hydrogens is 248 g/mol. The van der Waals surface area contributed by atoms with Gasteiger partial charge in [0.1, 0.15) is 5.03 Å². The lowest BCUT2D eigenvalue weighted by Crippen LogP contribution is -1.99. The highest BCUT2D eigenvalue weighted by Gasteiger charge is 2.02. The van der Waals surface area contributed by atoms with E-state index < -0.39 is 5.97 Å². The van der Waals surface area contributed by atoms with Gasteiger partial charge in [-0.25, -0.2) is 0 Å². The minimum absolute atomic E-state index is 0.0509. The van der Waals surface area contributed by atoms with Crippen LogP contribution in [0.25, 0.3) is 0 Å². The van der Waals surface area contributed by atoms with E-state index in [9.17, 15) is 4.79 Å². The molecule has 0 spiro atoms. The van der Waals surface area contributed by atoms with Gasteiger partial charge in [-0.05, 0) is 36.8 Å². The lowest BCUT2D eigenvalue weighted by atomic mass is 10.2. The number of hydrogen-bond acceptors (Lipinski definition) is 4. The van der Waals surface area contributed by atoms with Gasteiger partial charge in [-0.2, -0.15) is 5.10 Å². The highest BCUT2D eigenvalue weighted by Crippen LogP contribution is 2.25. The molecule has 0 saturated carbocycles. The third-order valence-electron chi connectivity index (χ3n) is 2.27. The molecule has 1 heterocycles. The first kappa shape index (κ1) is 12.6. The molecular formula is C13H12N2O2S. The van der Waals surface area contributed by atoms with Crippen LogP contribution in [0.4, 0.5) is 0 Å². The Hall–Kier alpha value is -1.88. The van der Waals surface area contributed by atoms with Crippen LogP contribution in [-0.4, -0.2) is 21.3 Å². The van der Waals surface area contributed by atoms with Gasteiger partial charge in [0.2, 0.25) is 0 Å². The molecule has 0 aliphatic heterocycles. The number of rotatable bonds is 4. The molecule has 18 heavy (non-hydrogen) atoms. The monoisotopic (exact) mass is 260 g/mol. The highest BCUT2D eigenvalue weighted by molar-refractivity contribution is 7.99. The normalized spacial score (nSPS) is 10.3. The number of aromatic nitrogens is 2. The standard InChI is InChI=1S/C13H12N2O2S/c1-9-2-7-12(15-14-9)18-11-5-3-10(4-6-11)8-13(16)17/h2-7H,8H2,1H3,(H,16,17). The zero-order valence-electron chi connectivity index (χ0n) is 9.83. The Morgan fingerprint density at radius 2 is 1.89 bits per heavy atom. The molecule has 0 atom stereocenters. The van der Waals surface area contributed by atoms with Crippen molar-refractivity contribution in [1.82, 2.24) is 10.2 Å². The van der Waals surface area contributed by atoms with E-state index in [0.29, 0.717) is 0 Å². The summed E-state index contributed by atoms with van der Waals surface area (Å²) in [5.41, 5.74) is 1.68. The molecule has 1 N–H and O–H groups in total. The fraction of sp³-hybridized carbons (Fsp3) is 0.154. The van der Waals surface area contributed by atoms with Crippen molar-refractivity contribution in [3.05, 3.63) is 47.7 Å². The molecule has 5 heteroatoms. The largest absolute Gasteiger partial charge is 0.481 e. The van der Waals surface area contributed by atoms with Gasteiger partial charge in [0.15, 0.2) is 0 Å². The quantitative estimate of drug-likeness (QED) is 0.915. The first-order valence-corrected chi connectivity index (χ1v) is 6.24. The molecule has 0 amide bonds. The average molecular weight is 260 g/mol. The number of carboxylic acids is 1. The van der Waals surface area contributed by atoms with E-state index in [0.717, 1.165) is 21.2 Å². The van der Waals surface area contributed by atoms with Crippen molar-refractivity contribution in [2.45, 2.75) is 23.3 Å². The molecule has 2 aromatic rings. The van der Waals surface area contributed by atoms with Crippen LogP contribution in [-0.2, 0) is 11.2 Å². The maximum absolute atomic E-state index is 10.6. The van der Waals surface area contributed by atoms with Crippen molar-refractivity contribution in [3.8, 4) is 0 Å². The van der Waals surface area contributed by atoms with Gasteiger partial charge in [-0.1, -0.05) is 23.9 Å². The van der Waals surface area contributed by atoms with Crippen LogP contribution >= 0.6 is 11.8 Å². The van der Waals surface area contributed by atoms with E-state index in [1.807, 2.05) is 43.3 Å². The summed E-state index contributed by atoms with van der Waals surface area (Å²) in [7, 11) is 0. The van der Waals surface area contributed by atoms with Crippen molar-refractivity contribution < 1.29 is 9.90 Å². The fourth-order valence-corrected chi connectivity index (χ4v) is 2.14. The van der Waals surface area contributed by atoms with E-state index in [1.54, 1.807) is 0 Å². The fourth-order valence-electron chi connectivity index (χ4n) is 1.41. The van der Waals surface area contributed by atoms with Gasteiger partial charge in [0, 0.05) is 4.90 Å². The number of aryl methyl sites for hydroxylation is 1. The van der Waals surface area contributed by atoms with Gasteiger partial charge in [0.25, 0.3) is 0 Å². The molecule has 0 fully saturated rings. The Balaban J connectivity index is 2.06. The molecule has 0 unspecified atom stereocenters. The molecule has 92 valence electrons. The molecule has 0 saturated heterocycles. The number of aliphatic carboxylic acids is 1. The number of nitrogens with zero attached hydrogens (tertiary/aromatic N) is 2. The molecule has 2 rings (SSSR count). The first-order chi connectivity index (χ1) is 8.63. The van der Waals surface area contributed by atoms with E-state index in [4.69, 9.17) is 5.11 Å². The summed E-state index contributed by atoms with van der Waals surface area (Å²) in [5.74, 6) is -0.820. The summed E-state index contributed by atoms with van der Waals surface area (Å²) in [5, 5.41) is 17.5. The Labute approximate surface area is 109 Å². The summed E-state index contributed by atoms with van der Waals surface area (Å²) in [4.78, 5) is 11.6. The number of hydrogen-bond donors (Lipinski definition) is 1. The maximum Gasteiger partial charge on any atom is 0.307 e. The lowest BCUT2D eigenvalue weighted by Gasteiger charge is -2.02. The van der Waals surface area contributed by atoms with E-state index in [2.05, 4.69) is 10.2 Å². The second kappa shape index (κ2) is 5.64. The van der Waals surface area contributed by atoms with Crippen LogP contribution in [0.15, 0.2) is 46.3 Å². The van der Waals surface area contributed by atoms with Gasteiger partial charge in [-0.15, -0.1) is 5.10 Å². The Morgan fingerprint density at radius 3 is 2.44 bits per heavy atom. The first-order valence-electron chi connectivity index (χ1n) is 5.42. The summed E-state index contributed by atoms with van der Waals surface area (Å²) in [6.45, 7) is 1.89. The summed E-state index contributed by atoms with van der Waals surface area (Å²) in [6.07, 6.45) is 0.0509. The summed E-state index contributed by atoms with van der Waals surface area (Å²) < 4.78 is 0. The van der Waals surface area contributed by atoms with Crippen molar-refractivity contribution >= 4 is 17.7 Å². The topological polar surface area (TPSA) is 63.1 Å². The van der Waals surface area contributed by atoms with E-state index in [-0.39, 0.29) is 6.42 Å². The molecule has 4 nitrogen and oxygen atoms in total. The van der Waals surface area contributed by atoms with Crippen LogP contribution in [0.3, 0.4) is 0 Å². The smallest absolute Gasteiger partial charge is 0.307 e. The molecule has 1 aromatic carbocycles. The zero-order chi connectivity index (χ0) is 13.0. The Bertz CT molecular complexity index is 538. The van der Waals surface area contributed by atoms with E-state index in [1.165, 1.54) is 11.8 Å². The second-order valence-electron chi connectivity index (χ2n) is 3.83. The maximum atomic E-state index is 10.6. The van der Waals surface area contributed by atoms with Gasteiger partial charge >= 0.3 is 5.97 Å². The summed E-state index contributed by atoms with van der Waals surface area (Å²) >= 11 is 1.50. The Morgan fingerprint density at radius 1 is 1.17 bits per heavy atom. The minimum atomic E-state index is -0.820. The van der Waals surface area contributed by atoms with Gasteiger partial charge < -0.3 is 5.11 Å². The van der Waals surface area contributed by atoms with Crippen LogP contribution < -0.4 is 0 Å². The Kier molecular flexibility index (Phi) is 3.94. The number of carbonyl (C=O) groups is 1. The molecule has 0 bridgehead atoms. The van der Waals surface area contributed by atoms with Crippen molar-refractivity contribution in [2.75, 3.05) is 0 Å². The van der Waals surface area contributed by atoms with Crippen LogP contribution in [0, 0.1) is 6.92 Å². The SMILES string of the molecule is Cc1ccc(Sc2ccc(CC(=O)O)cc2)nn1. The van der Waals surface area contributed by atoms with Crippen molar-refractivity contribution in [2.24, 2.45) is 0 Å². The van der Waals surface area contributed by atoms with Gasteiger partial charge in [-0.3, -0.25) is 4.79 Å². The van der Waals surface area contributed by atoms with E-state index >= 15 is 0 Å². The third kappa shape index (κ3) is 3.56. The summed E-state index contributed by atoms with van der Waals surface area (Å²) in [6, 6.07) is 11.2. The predicted octanol–water partition coefficient (Wildman–Crippen LogP) is 2.56. The third-order valence-corrected chi connectivity index (χ3v) is 3.21. The highest BCUT2D eigenvalue weighted by atomic mass is 32.2. The molecule has 0 aliphatic rings. The number of carboxylic acid groups (broad SMARTS) is 1. The molecule has 0 aliphatic carbocycles.